The van der Waals surface area contributed by atoms with E-state index < -0.39 is 11.0 Å². The zero-order chi connectivity index (χ0) is 25.6. The van der Waals surface area contributed by atoms with Gasteiger partial charge in [0.15, 0.2) is 11.0 Å². The second kappa shape index (κ2) is 11.5. The summed E-state index contributed by atoms with van der Waals surface area (Å²) in [5, 5.41) is 23.6. The molecule has 0 radical (unpaired) electrons. The Morgan fingerprint density at radius 1 is 1.09 bits per heavy atom. The van der Waals surface area contributed by atoms with Gasteiger partial charge < -0.3 is 5.32 Å². The van der Waals surface area contributed by atoms with Crippen LogP contribution in [0.3, 0.4) is 0 Å². The minimum Gasteiger partial charge on any atom is -0.346 e. The molecule has 0 aliphatic heterocycles. The van der Waals surface area contributed by atoms with Crippen molar-refractivity contribution in [3.63, 3.8) is 0 Å². The second-order valence-electron chi connectivity index (χ2n) is 10.1. The van der Waals surface area contributed by atoms with Gasteiger partial charge in [-0.2, -0.15) is 0 Å². The van der Waals surface area contributed by atoms with Crippen molar-refractivity contribution in [1.82, 2.24) is 20.1 Å². The molecule has 0 aliphatic carbocycles. The minimum absolute atomic E-state index is 0.0102. The number of carbonyl (C=O) groups excluding carboxylic acids is 1. The molecule has 9 heteroatoms. The molecule has 0 bridgehead atoms. The lowest BCUT2D eigenvalue weighted by molar-refractivity contribution is -0.384. The number of non-ortho nitro benzene ring substituents is 1. The summed E-state index contributed by atoms with van der Waals surface area (Å²) in [4.78, 5) is 23.5. The maximum Gasteiger partial charge on any atom is 0.269 e. The molecule has 1 aromatic heterocycles. The third kappa shape index (κ3) is 7.65. The van der Waals surface area contributed by atoms with E-state index in [-0.39, 0.29) is 22.9 Å². The number of thioether (sulfide) groups is 1. The van der Waals surface area contributed by atoms with Gasteiger partial charge in [-0.1, -0.05) is 69.8 Å². The van der Waals surface area contributed by atoms with Gasteiger partial charge in [0, 0.05) is 30.0 Å². The summed E-state index contributed by atoms with van der Waals surface area (Å²) >= 11 is 1.52. The fraction of sp³-hybridized carbons (Fsp3) is 0.423. The standard InChI is InChI=1S/C26H33N5O3S/c1-18(16-26(3,4)5)15-23(32)27-19(2)24-28-29-25(35-17-20-9-7-6-8-10-20)30(24)21-11-13-22(14-12-21)31(33)34/h6-14,18-19H,15-17H2,1-5H3,(H,27,32). The first-order chi connectivity index (χ1) is 16.5. The highest BCUT2D eigenvalue weighted by Crippen LogP contribution is 2.29. The van der Waals surface area contributed by atoms with Crippen LogP contribution in [0.15, 0.2) is 59.8 Å². The lowest BCUT2D eigenvalue weighted by Crippen LogP contribution is -2.30. The average Bonchev–Trinajstić information content (AvgIpc) is 3.21. The molecular formula is C26H33N5O3S. The van der Waals surface area contributed by atoms with Crippen molar-refractivity contribution in [3.8, 4) is 5.69 Å². The monoisotopic (exact) mass is 495 g/mol. The molecular weight excluding hydrogens is 462 g/mol. The Kier molecular flexibility index (Phi) is 8.67. The normalized spacial score (nSPS) is 13.3. The number of rotatable bonds is 10. The molecule has 2 aromatic carbocycles. The van der Waals surface area contributed by atoms with Crippen molar-refractivity contribution in [1.29, 1.82) is 0 Å². The predicted octanol–water partition coefficient (Wildman–Crippen LogP) is 6.11. The number of aromatic nitrogens is 3. The number of nitro groups is 1. The zero-order valence-electron chi connectivity index (χ0n) is 20.9. The average molecular weight is 496 g/mol. The van der Waals surface area contributed by atoms with Crippen molar-refractivity contribution in [2.75, 3.05) is 0 Å². The number of hydrogen-bond donors (Lipinski definition) is 1. The second-order valence-corrected chi connectivity index (χ2v) is 11.0. The summed E-state index contributed by atoms with van der Waals surface area (Å²) in [6, 6.07) is 15.9. The number of hydrogen-bond acceptors (Lipinski definition) is 6. The number of nitrogens with zero attached hydrogens (tertiary/aromatic N) is 4. The number of carbonyl (C=O) groups is 1. The molecule has 1 N–H and O–H groups in total. The van der Waals surface area contributed by atoms with E-state index in [4.69, 9.17) is 0 Å². The summed E-state index contributed by atoms with van der Waals surface area (Å²) in [6.45, 7) is 10.5. The van der Waals surface area contributed by atoms with Gasteiger partial charge in [-0.05, 0) is 42.4 Å². The van der Waals surface area contributed by atoms with Crippen LogP contribution in [-0.2, 0) is 10.5 Å². The Hall–Kier alpha value is -3.20. The molecule has 8 nitrogen and oxygen atoms in total. The number of nitro benzene ring substituents is 1. The molecule has 2 unspecified atom stereocenters. The summed E-state index contributed by atoms with van der Waals surface area (Å²) in [5.41, 5.74) is 2.02. The molecule has 0 aliphatic rings. The summed E-state index contributed by atoms with van der Waals surface area (Å²) in [7, 11) is 0. The topological polar surface area (TPSA) is 103 Å². The van der Waals surface area contributed by atoms with E-state index in [1.165, 1.54) is 23.9 Å². The van der Waals surface area contributed by atoms with Gasteiger partial charge in [-0.15, -0.1) is 10.2 Å². The van der Waals surface area contributed by atoms with Crippen LogP contribution in [0.1, 0.15) is 64.9 Å². The van der Waals surface area contributed by atoms with Crippen molar-refractivity contribution in [2.45, 2.75) is 64.4 Å². The molecule has 186 valence electrons. The molecule has 35 heavy (non-hydrogen) atoms. The van der Waals surface area contributed by atoms with E-state index in [1.54, 1.807) is 12.1 Å². The first-order valence-corrected chi connectivity index (χ1v) is 12.7. The number of amides is 1. The van der Waals surface area contributed by atoms with Crippen LogP contribution in [0.5, 0.6) is 0 Å². The maximum atomic E-state index is 12.8. The predicted molar refractivity (Wildman–Crippen MR) is 138 cm³/mol. The first-order valence-electron chi connectivity index (χ1n) is 11.7. The van der Waals surface area contributed by atoms with Crippen LogP contribution in [0.2, 0.25) is 0 Å². The largest absolute Gasteiger partial charge is 0.346 e. The molecule has 0 saturated heterocycles. The van der Waals surface area contributed by atoms with Crippen LogP contribution in [-0.4, -0.2) is 25.6 Å². The molecule has 2 atom stereocenters. The summed E-state index contributed by atoms with van der Waals surface area (Å²) < 4.78 is 1.86. The van der Waals surface area contributed by atoms with Crippen molar-refractivity contribution >= 4 is 23.4 Å². The summed E-state index contributed by atoms with van der Waals surface area (Å²) in [5.74, 6) is 1.49. The van der Waals surface area contributed by atoms with Gasteiger partial charge in [0.1, 0.15) is 0 Å². The fourth-order valence-electron chi connectivity index (χ4n) is 4.14. The van der Waals surface area contributed by atoms with E-state index >= 15 is 0 Å². The lowest BCUT2D eigenvalue weighted by atomic mass is 9.84. The maximum absolute atomic E-state index is 12.8. The van der Waals surface area contributed by atoms with E-state index in [0.717, 1.165) is 12.0 Å². The molecule has 1 heterocycles. The van der Waals surface area contributed by atoms with Gasteiger partial charge in [0.05, 0.1) is 11.0 Å². The smallest absolute Gasteiger partial charge is 0.269 e. The molecule has 3 rings (SSSR count). The Labute approximate surface area is 210 Å². The Balaban J connectivity index is 1.83. The fourth-order valence-corrected chi connectivity index (χ4v) is 5.06. The van der Waals surface area contributed by atoms with E-state index in [9.17, 15) is 14.9 Å². The molecule has 0 saturated carbocycles. The Bertz CT molecular complexity index is 1140. The van der Waals surface area contributed by atoms with Crippen molar-refractivity contribution in [2.24, 2.45) is 11.3 Å². The van der Waals surface area contributed by atoms with E-state index in [1.807, 2.05) is 41.8 Å². The van der Waals surface area contributed by atoms with Crippen molar-refractivity contribution in [3.05, 3.63) is 76.1 Å². The Morgan fingerprint density at radius 2 is 1.74 bits per heavy atom. The highest BCUT2D eigenvalue weighted by atomic mass is 32.2. The van der Waals surface area contributed by atoms with Gasteiger partial charge in [-0.25, -0.2) is 0 Å². The van der Waals surface area contributed by atoms with Gasteiger partial charge in [-0.3, -0.25) is 19.5 Å². The molecule has 1 amide bonds. The SMILES string of the molecule is CC(CC(=O)NC(C)c1nnc(SCc2ccccc2)n1-c1ccc([N+](=O)[O-])cc1)CC(C)(C)C. The van der Waals surface area contributed by atoms with Gasteiger partial charge >= 0.3 is 0 Å². The number of nitrogens with one attached hydrogen (secondary N) is 1. The molecule has 3 aromatic rings. The van der Waals surface area contributed by atoms with Crippen molar-refractivity contribution < 1.29 is 9.72 Å². The van der Waals surface area contributed by atoms with E-state index in [0.29, 0.717) is 28.8 Å². The van der Waals surface area contributed by atoms with Crippen LogP contribution in [0.4, 0.5) is 5.69 Å². The molecule has 0 spiro atoms. The lowest BCUT2D eigenvalue weighted by Gasteiger charge is -2.23. The summed E-state index contributed by atoms with van der Waals surface area (Å²) in [6.07, 6.45) is 1.39. The molecule has 0 fully saturated rings. The van der Waals surface area contributed by atoms with Gasteiger partial charge in [0.25, 0.3) is 5.69 Å². The first kappa shape index (κ1) is 26.4. The van der Waals surface area contributed by atoms with Crippen LogP contribution < -0.4 is 5.32 Å². The van der Waals surface area contributed by atoms with E-state index in [2.05, 4.69) is 43.2 Å². The quantitative estimate of drug-likeness (QED) is 0.207. The third-order valence-electron chi connectivity index (χ3n) is 5.45. The zero-order valence-corrected chi connectivity index (χ0v) is 21.7. The minimum atomic E-state index is -0.427. The van der Waals surface area contributed by atoms with Crippen LogP contribution in [0.25, 0.3) is 5.69 Å². The Morgan fingerprint density at radius 3 is 2.34 bits per heavy atom. The highest BCUT2D eigenvalue weighted by Gasteiger charge is 2.23. The number of benzene rings is 2. The van der Waals surface area contributed by atoms with Crippen LogP contribution >= 0.6 is 11.8 Å². The van der Waals surface area contributed by atoms with Gasteiger partial charge in [0.2, 0.25) is 5.91 Å². The van der Waals surface area contributed by atoms with Crippen LogP contribution in [0, 0.1) is 21.4 Å². The highest BCUT2D eigenvalue weighted by molar-refractivity contribution is 7.98. The third-order valence-corrected chi connectivity index (χ3v) is 6.45.